The Morgan fingerprint density at radius 1 is 1.02 bits per heavy atom. The van der Waals surface area contributed by atoms with E-state index in [1.54, 1.807) is 31.4 Å². The predicted octanol–water partition coefficient (Wildman–Crippen LogP) is 5.12. The average Bonchev–Trinajstić information content (AvgIpc) is 3.35. The van der Waals surface area contributed by atoms with E-state index in [-0.39, 0.29) is 24.3 Å². The van der Waals surface area contributed by atoms with Crippen molar-refractivity contribution in [1.29, 1.82) is 5.26 Å². The lowest BCUT2D eigenvalue weighted by molar-refractivity contribution is 0.0697. The van der Waals surface area contributed by atoms with Crippen molar-refractivity contribution in [3.05, 3.63) is 112 Å². The number of benzene rings is 3. The molecule has 5 rings (SSSR count). The molecule has 9 nitrogen and oxygen atoms in total. The molecular formula is C32H27FN4O5. The molecule has 2 N–H and O–H groups in total. The third kappa shape index (κ3) is 6.12. The molecule has 212 valence electrons. The molecule has 0 spiro atoms. The maximum atomic E-state index is 14.2. The summed E-state index contributed by atoms with van der Waals surface area (Å²) in [4.78, 5) is 20.8. The number of aromatic nitrogens is 3. The molecule has 2 aromatic heterocycles. The van der Waals surface area contributed by atoms with Gasteiger partial charge < -0.3 is 24.3 Å². The zero-order valence-corrected chi connectivity index (χ0v) is 22.7. The Kier molecular flexibility index (Phi) is 8.52. The molecule has 2 heterocycles. The van der Waals surface area contributed by atoms with Gasteiger partial charge in [-0.05, 0) is 53.6 Å². The van der Waals surface area contributed by atoms with Crippen LogP contribution in [0.4, 0.5) is 4.39 Å². The van der Waals surface area contributed by atoms with Crippen molar-refractivity contribution in [2.24, 2.45) is 0 Å². The summed E-state index contributed by atoms with van der Waals surface area (Å²) in [6.07, 6.45) is 0.406. The van der Waals surface area contributed by atoms with Crippen molar-refractivity contribution in [2.45, 2.75) is 26.2 Å². The van der Waals surface area contributed by atoms with Gasteiger partial charge in [-0.3, -0.25) is 0 Å². The first-order valence-corrected chi connectivity index (χ1v) is 13.1. The largest absolute Gasteiger partial charge is 0.478 e. The van der Waals surface area contributed by atoms with Gasteiger partial charge in [0.2, 0.25) is 5.88 Å². The van der Waals surface area contributed by atoms with Gasteiger partial charge in [-0.25, -0.2) is 19.2 Å². The van der Waals surface area contributed by atoms with Crippen molar-refractivity contribution < 1.29 is 28.9 Å². The average molecular weight is 567 g/mol. The second-order valence-corrected chi connectivity index (χ2v) is 9.57. The number of rotatable bonds is 11. The molecular weight excluding hydrogens is 539 g/mol. The van der Waals surface area contributed by atoms with E-state index in [1.807, 2.05) is 34.9 Å². The Morgan fingerprint density at radius 3 is 2.60 bits per heavy atom. The van der Waals surface area contributed by atoms with E-state index in [4.69, 9.17) is 19.7 Å². The van der Waals surface area contributed by atoms with Crippen LogP contribution in [0.1, 0.15) is 38.4 Å². The van der Waals surface area contributed by atoms with Crippen LogP contribution >= 0.6 is 0 Å². The molecule has 0 radical (unpaired) electrons. The Bertz CT molecular complexity index is 1810. The summed E-state index contributed by atoms with van der Waals surface area (Å²) in [5, 5.41) is 28.6. The van der Waals surface area contributed by atoms with Crippen molar-refractivity contribution in [3.8, 4) is 23.2 Å². The number of halogens is 1. The summed E-state index contributed by atoms with van der Waals surface area (Å²) in [7, 11) is 1.60. The summed E-state index contributed by atoms with van der Waals surface area (Å²) in [6.45, 7) is 0.649. The van der Waals surface area contributed by atoms with Gasteiger partial charge in [0.25, 0.3) is 0 Å². The number of aliphatic hydroxyl groups excluding tert-OH is 1. The van der Waals surface area contributed by atoms with Gasteiger partial charge in [-0.2, -0.15) is 5.26 Å². The highest BCUT2D eigenvalue weighted by atomic mass is 19.1. The summed E-state index contributed by atoms with van der Waals surface area (Å²) < 4.78 is 27.2. The number of carbonyl (C=O) groups is 1. The highest BCUT2D eigenvalue weighted by molar-refractivity contribution is 5.92. The molecule has 0 aliphatic rings. The molecule has 0 saturated heterocycles. The number of aromatic carboxylic acids is 1. The van der Waals surface area contributed by atoms with Crippen LogP contribution < -0.4 is 4.74 Å². The number of carboxylic acids is 1. The number of aliphatic hydroxyl groups is 1. The van der Waals surface area contributed by atoms with Crippen LogP contribution in [0.2, 0.25) is 0 Å². The number of methoxy groups -OCH3 is 1. The lowest BCUT2D eigenvalue weighted by atomic mass is 9.99. The van der Waals surface area contributed by atoms with Crippen LogP contribution in [-0.4, -0.2) is 44.4 Å². The maximum absolute atomic E-state index is 14.2. The number of nitriles is 1. The van der Waals surface area contributed by atoms with Gasteiger partial charge in [0.15, 0.2) is 0 Å². The molecule has 3 aromatic carbocycles. The van der Waals surface area contributed by atoms with Crippen molar-refractivity contribution in [2.75, 3.05) is 13.7 Å². The van der Waals surface area contributed by atoms with Gasteiger partial charge in [-0.1, -0.05) is 24.3 Å². The number of pyridine rings is 1. The Balaban J connectivity index is 1.39. The second-order valence-electron chi connectivity index (χ2n) is 9.57. The number of nitrogens with zero attached hydrogens (tertiary/aromatic N) is 4. The lowest BCUT2D eigenvalue weighted by Crippen LogP contribution is -2.10. The fourth-order valence-corrected chi connectivity index (χ4v) is 4.69. The first-order chi connectivity index (χ1) is 20.4. The SMILES string of the molecule is COCCn1c(Cc2ccc(-c3cccc(OCc4ccc(C#N)cc4F)n3)cc2CO)nc2ccc(C(=O)O)cc21. The van der Waals surface area contributed by atoms with Gasteiger partial charge >= 0.3 is 5.97 Å². The number of hydrogen-bond acceptors (Lipinski definition) is 7. The van der Waals surface area contributed by atoms with Gasteiger partial charge in [-0.15, -0.1) is 0 Å². The van der Waals surface area contributed by atoms with Crippen LogP contribution in [-0.2, 0) is 30.9 Å². The molecule has 0 amide bonds. The zero-order valence-electron chi connectivity index (χ0n) is 22.7. The van der Waals surface area contributed by atoms with Crippen molar-refractivity contribution in [1.82, 2.24) is 14.5 Å². The molecule has 0 aliphatic carbocycles. The third-order valence-corrected chi connectivity index (χ3v) is 6.90. The van der Waals surface area contributed by atoms with E-state index in [0.29, 0.717) is 53.3 Å². The Hall–Kier alpha value is -5.11. The van der Waals surface area contributed by atoms with Crippen molar-refractivity contribution >= 4 is 17.0 Å². The quantitative estimate of drug-likeness (QED) is 0.225. The number of fused-ring (bicyclic) bond motifs is 1. The number of imidazole rings is 1. The topological polar surface area (TPSA) is 130 Å². The minimum absolute atomic E-state index is 0.0488. The summed E-state index contributed by atoms with van der Waals surface area (Å²) >= 11 is 0. The van der Waals surface area contributed by atoms with E-state index in [0.717, 1.165) is 17.0 Å². The van der Waals surface area contributed by atoms with Crippen LogP contribution in [0, 0.1) is 17.1 Å². The third-order valence-electron chi connectivity index (χ3n) is 6.90. The Morgan fingerprint density at radius 2 is 1.86 bits per heavy atom. The fourth-order valence-electron chi connectivity index (χ4n) is 4.69. The fraction of sp³-hybridized carbons (Fsp3) is 0.188. The molecule has 5 aromatic rings. The van der Waals surface area contributed by atoms with Gasteiger partial charge in [0.05, 0.1) is 47.1 Å². The molecule has 0 bridgehead atoms. The van der Waals surface area contributed by atoms with Gasteiger partial charge in [0, 0.05) is 37.3 Å². The van der Waals surface area contributed by atoms with Crippen LogP contribution in [0.3, 0.4) is 0 Å². The number of hydrogen-bond donors (Lipinski definition) is 2. The van der Waals surface area contributed by atoms with Crippen molar-refractivity contribution in [3.63, 3.8) is 0 Å². The summed E-state index contributed by atoms with van der Waals surface area (Å²) in [5.41, 5.74) is 5.02. The summed E-state index contributed by atoms with van der Waals surface area (Å²) in [6, 6.07) is 21.9. The monoisotopic (exact) mass is 566 g/mol. The first kappa shape index (κ1) is 28.4. The van der Waals surface area contributed by atoms with Crippen LogP contribution in [0.15, 0.2) is 72.8 Å². The van der Waals surface area contributed by atoms with Crippen LogP contribution in [0.5, 0.6) is 5.88 Å². The lowest BCUT2D eigenvalue weighted by Gasteiger charge is -2.13. The maximum Gasteiger partial charge on any atom is 0.335 e. The second kappa shape index (κ2) is 12.6. The Labute approximate surface area is 241 Å². The van der Waals surface area contributed by atoms with E-state index in [1.165, 1.54) is 24.3 Å². The predicted molar refractivity (Wildman–Crippen MR) is 152 cm³/mol. The molecule has 10 heteroatoms. The molecule has 0 aliphatic heterocycles. The highest BCUT2D eigenvalue weighted by Crippen LogP contribution is 2.27. The summed E-state index contributed by atoms with van der Waals surface area (Å²) in [5.74, 6) is -0.513. The smallest absolute Gasteiger partial charge is 0.335 e. The molecule has 0 atom stereocenters. The van der Waals surface area contributed by atoms with E-state index in [2.05, 4.69) is 4.98 Å². The number of carboxylic acid groups (broad SMARTS) is 1. The molecule has 42 heavy (non-hydrogen) atoms. The zero-order chi connectivity index (χ0) is 29.6. The normalized spacial score (nSPS) is 11.0. The van der Waals surface area contributed by atoms with Crippen LogP contribution in [0.25, 0.3) is 22.3 Å². The van der Waals surface area contributed by atoms with Gasteiger partial charge in [0.1, 0.15) is 18.2 Å². The van der Waals surface area contributed by atoms with E-state index >= 15 is 0 Å². The molecule has 0 unspecified atom stereocenters. The molecule has 0 saturated carbocycles. The minimum atomic E-state index is -1.01. The van der Waals surface area contributed by atoms with E-state index in [9.17, 15) is 19.4 Å². The first-order valence-electron chi connectivity index (χ1n) is 13.1. The minimum Gasteiger partial charge on any atom is -0.478 e. The standard InChI is InChI=1S/C32H27FN4O5/c1-41-12-11-37-29-15-23(32(39)40)9-10-28(29)35-30(37)16-21-7-8-22(14-25(21)18-38)27-3-2-4-31(36-27)42-19-24-6-5-20(17-34)13-26(24)33/h2-10,13-15,38H,11-12,16,18-19H2,1H3,(H,39,40). The number of ether oxygens (including phenoxy) is 2. The molecule has 0 fully saturated rings. The van der Waals surface area contributed by atoms with E-state index < -0.39 is 11.8 Å². The highest BCUT2D eigenvalue weighted by Gasteiger charge is 2.16.